The minimum Gasteiger partial charge on any atom is -0.489 e. The lowest BCUT2D eigenvalue weighted by Gasteiger charge is -2.36. The molecule has 2 fully saturated rings. The smallest absolute Gasteiger partial charge is 0.433 e. The van der Waals surface area contributed by atoms with E-state index in [1.807, 2.05) is 6.92 Å². The van der Waals surface area contributed by atoms with Gasteiger partial charge in [0.1, 0.15) is 29.0 Å². The van der Waals surface area contributed by atoms with E-state index in [0.717, 1.165) is 61.8 Å². The molecule has 3 aliphatic rings. The van der Waals surface area contributed by atoms with Crippen molar-refractivity contribution in [2.75, 3.05) is 16.8 Å². The van der Waals surface area contributed by atoms with Crippen LogP contribution in [0.4, 0.5) is 24.7 Å². The van der Waals surface area contributed by atoms with Gasteiger partial charge in [-0.1, -0.05) is 0 Å². The first-order valence-electron chi connectivity index (χ1n) is 10.4. The summed E-state index contributed by atoms with van der Waals surface area (Å²) in [6.45, 7) is 2.70. The third kappa shape index (κ3) is 3.79. The highest BCUT2D eigenvalue weighted by atomic mass is 19.4. The molecule has 0 bridgehead atoms. The van der Waals surface area contributed by atoms with Gasteiger partial charge in [0.05, 0.1) is 18.0 Å². The van der Waals surface area contributed by atoms with Gasteiger partial charge in [-0.15, -0.1) is 0 Å². The number of hydrogen-bond acceptors (Lipinski definition) is 6. The van der Waals surface area contributed by atoms with Crippen molar-refractivity contribution in [3.8, 4) is 5.75 Å². The van der Waals surface area contributed by atoms with E-state index in [4.69, 9.17) is 9.72 Å². The Morgan fingerprint density at radius 3 is 2.77 bits per heavy atom. The zero-order valence-corrected chi connectivity index (χ0v) is 16.9. The number of rotatable bonds is 4. The summed E-state index contributed by atoms with van der Waals surface area (Å²) in [5.74, 6) is 2.26. The number of anilines is 2. The largest absolute Gasteiger partial charge is 0.489 e. The van der Waals surface area contributed by atoms with Crippen molar-refractivity contribution in [3.63, 3.8) is 0 Å². The number of nitrogens with one attached hydrogen (secondary N) is 1. The highest BCUT2D eigenvalue weighted by Gasteiger charge is 2.39. The third-order valence-corrected chi connectivity index (χ3v) is 6.19. The van der Waals surface area contributed by atoms with E-state index in [1.165, 1.54) is 6.07 Å². The lowest BCUT2D eigenvalue weighted by molar-refractivity contribution is -0.141. The molecular weight excluding hydrogens is 411 g/mol. The Labute approximate surface area is 177 Å². The van der Waals surface area contributed by atoms with Crippen molar-refractivity contribution in [1.29, 1.82) is 0 Å². The number of aryl methyl sites for hydroxylation is 1. The second-order valence-electron chi connectivity index (χ2n) is 8.42. The van der Waals surface area contributed by atoms with E-state index in [-0.39, 0.29) is 18.1 Å². The lowest BCUT2D eigenvalue weighted by Crippen LogP contribution is -2.45. The van der Waals surface area contributed by atoms with Gasteiger partial charge in [-0.3, -0.25) is 4.79 Å². The van der Waals surface area contributed by atoms with Crippen LogP contribution >= 0.6 is 0 Å². The van der Waals surface area contributed by atoms with Gasteiger partial charge in [-0.25, -0.2) is 15.0 Å². The number of aromatic nitrogens is 3. The maximum absolute atomic E-state index is 12.6. The van der Waals surface area contributed by atoms with Crippen LogP contribution in [0.5, 0.6) is 5.75 Å². The number of halogens is 3. The van der Waals surface area contributed by atoms with Crippen molar-refractivity contribution >= 4 is 17.4 Å². The second-order valence-corrected chi connectivity index (χ2v) is 8.42. The predicted molar refractivity (Wildman–Crippen MR) is 106 cm³/mol. The average molecular weight is 433 g/mol. The Balaban J connectivity index is 1.21. The first kappa shape index (κ1) is 20.0. The Bertz CT molecular complexity index is 1010. The zero-order valence-electron chi connectivity index (χ0n) is 16.9. The number of nitrogens with zero attached hydrogens (tertiary/aromatic N) is 4. The van der Waals surface area contributed by atoms with E-state index in [1.54, 1.807) is 0 Å². The number of amides is 1. The van der Waals surface area contributed by atoms with Crippen LogP contribution in [-0.2, 0) is 17.4 Å². The van der Waals surface area contributed by atoms with Crippen LogP contribution in [0.1, 0.15) is 42.9 Å². The molecule has 31 heavy (non-hydrogen) atoms. The Morgan fingerprint density at radius 1 is 1.26 bits per heavy atom. The molecule has 7 nitrogen and oxygen atoms in total. The van der Waals surface area contributed by atoms with Gasteiger partial charge in [-0.05, 0) is 50.7 Å². The summed E-state index contributed by atoms with van der Waals surface area (Å²) in [5.41, 5.74) is 0.542. The highest BCUT2D eigenvalue weighted by Crippen LogP contribution is 2.38. The average Bonchev–Trinajstić information content (AvgIpc) is 3.18. The fourth-order valence-corrected chi connectivity index (χ4v) is 4.56. The van der Waals surface area contributed by atoms with E-state index < -0.39 is 11.9 Å². The van der Waals surface area contributed by atoms with Gasteiger partial charge in [0.2, 0.25) is 5.91 Å². The molecule has 4 heterocycles. The van der Waals surface area contributed by atoms with Crippen LogP contribution in [-0.4, -0.2) is 39.5 Å². The number of carbonyl (C=O) groups is 1. The second kappa shape index (κ2) is 7.35. The van der Waals surface area contributed by atoms with Crippen LogP contribution in [0.25, 0.3) is 0 Å². The summed E-state index contributed by atoms with van der Waals surface area (Å²) in [4.78, 5) is 27.1. The third-order valence-electron chi connectivity index (χ3n) is 6.19. The van der Waals surface area contributed by atoms with Crippen LogP contribution in [0.15, 0.2) is 18.3 Å². The van der Waals surface area contributed by atoms with Gasteiger partial charge < -0.3 is 15.0 Å². The molecule has 1 N–H and O–H groups in total. The van der Waals surface area contributed by atoms with Crippen molar-refractivity contribution in [3.05, 3.63) is 35.5 Å². The topological polar surface area (TPSA) is 80.2 Å². The van der Waals surface area contributed by atoms with Crippen molar-refractivity contribution < 1.29 is 22.7 Å². The SMILES string of the molecule is Cc1nc(CC2CC(Oc3ccc(C(F)(F)F)nc3)C2)nc2c1NC(=O)[C@@H]1CCCN21. The predicted octanol–water partition coefficient (Wildman–Crippen LogP) is 3.52. The van der Waals surface area contributed by atoms with Crippen molar-refractivity contribution in [2.45, 2.75) is 57.3 Å². The molecular formula is C21H22F3N5O2. The molecule has 164 valence electrons. The Hall–Kier alpha value is -2.91. The maximum Gasteiger partial charge on any atom is 0.433 e. The molecule has 0 unspecified atom stereocenters. The van der Waals surface area contributed by atoms with Crippen LogP contribution in [0.3, 0.4) is 0 Å². The molecule has 1 saturated heterocycles. The number of alkyl halides is 3. The normalized spacial score (nSPS) is 24.8. The maximum atomic E-state index is 12.6. The van der Waals surface area contributed by atoms with Gasteiger partial charge in [0.25, 0.3) is 0 Å². The minimum atomic E-state index is -4.45. The Kier molecular flexibility index (Phi) is 4.75. The fourth-order valence-electron chi connectivity index (χ4n) is 4.56. The molecule has 2 aliphatic heterocycles. The van der Waals surface area contributed by atoms with E-state index in [2.05, 4.69) is 20.2 Å². The molecule has 0 aromatic carbocycles. The Morgan fingerprint density at radius 2 is 2.06 bits per heavy atom. The number of fused-ring (bicyclic) bond motifs is 3. The highest BCUT2D eigenvalue weighted by molar-refractivity contribution is 6.03. The zero-order chi connectivity index (χ0) is 21.8. The number of pyridine rings is 1. The van der Waals surface area contributed by atoms with Gasteiger partial charge in [0.15, 0.2) is 5.82 Å². The minimum absolute atomic E-state index is 0.0150. The lowest BCUT2D eigenvalue weighted by atomic mass is 9.80. The first-order chi connectivity index (χ1) is 14.8. The van der Waals surface area contributed by atoms with Crippen LogP contribution in [0.2, 0.25) is 0 Å². The number of hydrogen-bond donors (Lipinski definition) is 1. The van der Waals surface area contributed by atoms with Gasteiger partial charge >= 0.3 is 6.18 Å². The molecule has 1 aliphatic carbocycles. The van der Waals surface area contributed by atoms with Crippen molar-refractivity contribution in [2.24, 2.45) is 5.92 Å². The first-order valence-corrected chi connectivity index (χ1v) is 10.4. The summed E-state index contributed by atoms with van der Waals surface area (Å²) in [6, 6.07) is 2.09. The molecule has 1 saturated carbocycles. The summed E-state index contributed by atoms with van der Waals surface area (Å²) >= 11 is 0. The molecule has 2 aromatic heterocycles. The fraction of sp³-hybridized carbons (Fsp3) is 0.524. The summed E-state index contributed by atoms with van der Waals surface area (Å²) in [7, 11) is 0. The summed E-state index contributed by atoms with van der Waals surface area (Å²) in [6.07, 6.45) is 0.682. The summed E-state index contributed by atoms with van der Waals surface area (Å²) in [5, 5.41) is 2.95. The quantitative estimate of drug-likeness (QED) is 0.795. The molecule has 5 rings (SSSR count). The molecule has 0 spiro atoms. The van der Waals surface area contributed by atoms with E-state index in [9.17, 15) is 18.0 Å². The van der Waals surface area contributed by atoms with Gasteiger partial charge in [0, 0.05) is 13.0 Å². The monoisotopic (exact) mass is 433 g/mol. The van der Waals surface area contributed by atoms with Crippen LogP contribution in [0, 0.1) is 12.8 Å². The standard InChI is InChI=1S/C21H22F3N5O2/c1-11-18-19(29-6-2-3-15(29)20(30)28-18)27-17(26-11)9-12-7-14(8-12)31-13-4-5-16(25-10-13)21(22,23)24/h4-5,10,12,14-15H,2-3,6-9H2,1H3,(H,28,30)/t12?,14?,15-/m0/s1. The molecule has 2 aromatic rings. The molecule has 10 heteroatoms. The van der Waals surface area contributed by atoms with Crippen molar-refractivity contribution in [1.82, 2.24) is 15.0 Å². The van der Waals surface area contributed by atoms with E-state index >= 15 is 0 Å². The van der Waals surface area contributed by atoms with Gasteiger partial charge in [-0.2, -0.15) is 13.2 Å². The summed E-state index contributed by atoms with van der Waals surface area (Å²) < 4.78 is 43.6. The van der Waals surface area contributed by atoms with E-state index in [0.29, 0.717) is 23.8 Å². The number of carbonyl (C=O) groups excluding carboxylic acids is 1. The number of ether oxygens (including phenoxy) is 1. The molecule has 0 radical (unpaired) electrons. The van der Waals surface area contributed by atoms with Crippen LogP contribution < -0.4 is 15.0 Å². The molecule has 1 amide bonds. The molecule has 1 atom stereocenters.